The normalized spacial score (nSPS) is 17.8. The summed E-state index contributed by atoms with van der Waals surface area (Å²) in [6.07, 6.45) is 4.59. The maximum atomic E-state index is 13.9. The molecule has 284 valence electrons. The number of nitrogens with zero attached hydrogens (tertiary/aromatic N) is 1. The van der Waals surface area contributed by atoms with Gasteiger partial charge in [-0.05, 0) is 56.0 Å². The molecule has 1 fully saturated rings. The second-order valence-electron chi connectivity index (χ2n) is 15.8. The lowest BCUT2D eigenvalue weighted by atomic mass is 9.85. The Morgan fingerprint density at radius 1 is 0.846 bits per heavy atom. The van der Waals surface area contributed by atoms with E-state index in [9.17, 15) is 24.0 Å². The maximum Gasteiger partial charge on any atom is 0.328 e. The molecule has 0 aliphatic carbocycles. The number of amides is 3. The number of rotatable bonds is 15. The predicted octanol–water partition coefficient (Wildman–Crippen LogP) is 5.63. The van der Waals surface area contributed by atoms with Gasteiger partial charge in [-0.1, -0.05) is 116 Å². The van der Waals surface area contributed by atoms with Crippen LogP contribution in [-0.4, -0.2) is 78.2 Å². The molecule has 2 aromatic rings. The van der Waals surface area contributed by atoms with Gasteiger partial charge in [0.2, 0.25) is 17.7 Å². The van der Waals surface area contributed by atoms with E-state index in [1.54, 1.807) is 61.5 Å². The highest BCUT2D eigenvalue weighted by molar-refractivity contribution is 6.09. The van der Waals surface area contributed by atoms with Crippen LogP contribution in [0.1, 0.15) is 103 Å². The molecule has 2 unspecified atom stereocenters. The predicted molar refractivity (Wildman–Crippen MR) is 205 cm³/mol. The lowest BCUT2D eigenvalue weighted by Gasteiger charge is -2.42. The van der Waals surface area contributed by atoms with Gasteiger partial charge in [-0.15, -0.1) is 0 Å². The number of carbonyl (C=O) groups excluding carboxylic acids is 5. The molecule has 1 aliphatic rings. The van der Waals surface area contributed by atoms with Crippen LogP contribution in [0, 0.1) is 17.3 Å². The molecule has 1 heterocycles. The number of hydrogen-bond acceptors (Lipinski definition) is 7. The zero-order chi connectivity index (χ0) is 38.7. The topological polar surface area (TPSA) is 134 Å². The highest BCUT2D eigenvalue weighted by atomic mass is 16.5. The van der Waals surface area contributed by atoms with Gasteiger partial charge in [0.05, 0.1) is 19.2 Å². The summed E-state index contributed by atoms with van der Waals surface area (Å²) in [5.41, 5.74) is 1.56. The van der Waals surface area contributed by atoms with Crippen LogP contribution in [0.2, 0.25) is 0 Å². The minimum absolute atomic E-state index is 0.0859. The van der Waals surface area contributed by atoms with Crippen molar-refractivity contribution in [1.82, 2.24) is 20.9 Å². The Bertz CT molecular complexity index is 1560. The second kappa shape index (κ2) is 19.0. The van der Waals surface area contributed by atoms with E-state index >= 15 is 0 Å². The highest BCUT2D eigenvalue weighted by Crippen LogP contribution is 2.26. The number of piperidine rings is 1. The molecule has 0 aromatic heterocycles. The summed E-state index contributed by atoms with van der Waals surface area (Å²) >= 11 is 0. The Kier molecular flexibility index (Phi) is 15.4. The summed E-state index contributed by atoms with van der Waals surface area (Å²) in [5, 5.41) is 8.96. The Morgan fingerprint density at radius 3 is 2.02 bits per heavy atom. The van der Waals surface area contributed by atoms with E-state index in [0.29, 0.717) is 22.6 Å². The van der Waals surface area contributed by atoms with Crippen molar-refractivity contribution >= 4 is 29.5 Å². The third kappa shape index (κ3) is 11.6. The lowest BCUT2D eigenvalue weighted by Crippen LogP contribution is -2.61. The first-order valence-corrected chi connectivity index (χ1v) is 18.6. The Morgan fingerprint density at radius 2 is 1.46 bits per heavy atom. The molecule has 3 N–H and O–H groups in total. The van der Waals surface area contributed by atoms with Crippen LogP contribution in [0.25, 0.3) is 0 Å². The van der Waals surface area contributed by atoms with E-state index in [1.807, 2.05) is 40.7 Å². The number of hydrogen-bond donors (Lipinski definition) is 3. The van der Waals surface area contributed by atoms with Crippen LogP contribution in [0.4, 0.5) is 0 Å². The number of methoxy groups -OCH3 is 1. The molecular formula is C42H60N4O6. The number of ether oxygens (including phenoxy) is 1. The van der Waals surface area contributed by atoms with E-state index in [2.05, 4.69) is 41.6 Å². The summed E-state index contributed by atoms with van der Waals surface area (Å²) in [5.74, 6) is -1.37. The molecular weight excluding hydrogens is 656 g/mol. The van der Waals surface area contributed by atoms with Gasteiger partial charge >= 0.3 is 5.97 Å². The van der Waals surface area contributed by atoms with Crippen molar-refractivity contribution in [3.63, 3.8) is 0 Å². The van der Waals surface area contributed by atoms with Gasteiger partial charge in [0, 0.05) is 29.2 Å². The number of esters is 1. The average Bonchev–Trinajstić information content (AvgIpc) is 3.12. The van der Waals surface area contributed by atoms with E-state index in [0.717, 1.165) is 31.4 Å². The minimum atomic E-state index is -0.984. The molecule has 0 radical (unpaired) electrons. The third-order valence-electron chi connectivity index (χ3n) is 10.0. The number of nitrogens with one attached hydrogen (secondary N) is 3. The molecule has 2 aromatic carbocycles. The van der Waals surface area contributed by atoms with Crippen molar-refractivity contribution in [2.24, 2.45) is 17.3 Å². The van der Waals surface area contributed by atoms with Crippen LogP contribution >= 0.6 is 0 Å². The van der Waals surface area contributed by atoms with Gasteiger partial charge in [0.1, 0.15) is 12.1 Å². The molecule has 3 rings (SSSR count). The Balaban J connectivity index is 1.73. The standard InChI is InChI=1S/C42H60N4O6/c1-26(2)29(6)46-23-15-14-18-35(46)39(49)45-37(42(7,8)9)40(50)43-33(27(3)4)24-28(5)38(48)44-34(41(51)52-10)25-30-19-21-32(22-20-30)36(47)31-16-12-11-13-17-31/h11-13,16-17,19-22,24,26-27,29,33-35,37H,14-15,18,23,25H2,1-10H3,(H,43,50)(H,44,48)(H,45,49)/t29?,33-,34+,35?,37-/m1/s1. The zero-order valence-corrected chi connectivity index (χ0v) is 32.7. The van der Waals surface area contributed by atoms with Gasteiger partial charge < -0.3 is 20.7 Å². The SMILES string of the molecule is COC(=O)[C@H](Cc1ccc(C(=O)c2ccccc2)cc1)NC(=O)C(C)=C[C@@H](NC(=O)[C@@H](NC(=O)C1CCCCN1C(C)C(C)C)C(C)(C)C)C(C)C. The number of benzene rings is 2. The maximum absolute atomic E-state index is 13.9. The van der Waals surface area contributed by atoms with Gasteiger partial charge in [0.15, 0.2) is 5.78 Å². The molecule has 10 nitrogen and oxygen atoms in total. The lowest BCUT2D eigenvalue weighted by molar-refractivity contribution is -0.144. The molecule has 52 heavy (non-hydrogen) atoms. The van der Waals surface area contributed by atoms with Crippen molar-refractivity contribution in [2.45, 2.75) is 118 Å². The van der Waals surface area contributed by atoms with Crippen LogP contribution in [0.15, 0.2) is 66.2 Å². The quantitative estimate of drug-likeness (QED) is 0.124. The fourth-order valence-corrected chi connectivity index (χ4v) is 6.40. The minimum Gasteiger partial charge on any atom is -0.467 e. The molecule has 1 saturated heterocycles. The first kappa shape index (κ1) is 42.1. The number of carbonyl (C=O) groups is 5. The fourth-order valence-electron chi connectivity index (χ4n) is 6.40. The largest absolute Gasteiger partial charge is 0.467 e. The molecule has 3 amide bonds. The van der Waals surface area contributed by atoms with Gasteiger partial charge in [-0.3, -0.25) is 24.1 Å². The monoisotopic (exact) mass is 716 g/mol. The highest BCUT2D eigenvalue weighted by Gasteiger charge is 2.39. The van der Waals surface area contributed by atoms with Crippen LogP contribution in [0.3, 0.4) is 0 Å². The van der Waals surface area contributed by atoms with Crippen molar-refractivity contribution in [3.05, 3.63) is 82.9 Å². The first-order chi connectivity index (χ1) is 24.4. The summed E-state index contributed by atoms with van der Waals surface area (Å²) in [7, 11) is 1.26. The van der Waals surface area contributed by atoms with Crippen molar-refractivity contribution < 1.29 is 28.7 Å². The summed E-state index contributed by atoms with van der Waals surface area (Å²) in [6.45, 7) is 18.6. The smallest absolute Gasteiger partial charge is 0.328 e. The molecule has 1 aliphatic heterocycles. The van der Waals surface area contributed by atoms with Crippen LogP contribution in [0.5, 0.6) is 0 Å². The van der Waals surface area contributed by atoms with E-state index < -0.39 is 35.4 Å². The molecule has 0 bridgehead atoms. The van der Waals surface area contributed by atoms with E-state index in [1.165, 1.54) is 7.11 Å². The molecule has 10 heteroatoms. The van der Waals surface area contributed by atoms with Crippen LogP contribution < -0.4 is 16.0 Å². The first-order valence-electron chi connectivity index (χ1n) is 18.6. The number of likely N-dealkylation sites (tertiary alicyclic amines) is 1. The fraction of sp³-hybridized carbons (Fsp3) is 0.548. The molecule has 5 atom stereocenters. The van der Waals surface area contributed by atoms with Gasteiger partial charge in [-0.2, -0.15) is 0 Å². The third-order valence-corrected chi connectivity index (χ3v) is 10.0. The van der Waals surface area contributed by atoms with Crippen molar-refractivity contribution in [2.75, 3.05) is 13.7 Å². The zero-order valence-electron chi connectivity index (χ0n) is 32.7. The van der Waals surface area contributed by atoms with Gasteiger partial charge in [-0.25, -0.2) is 4.79 Å². The molecule has 0 spiro atoms. The summed E-state index contributed by atoms with van der Waals surface area (Å²) in [6, 6.07) is 13.5. The molecule has 0 saturated carbocycles. The van der Waals surface area contributed by atoms with E-state index in [4.69, 9.17) is 4.74 Å². The Labute approximate surface area is 310 Å². The van der Waals surface area contributed by atoms with E-state index in [-0.39, 0.29) is 42.0 Å². The van der Waals surface area contributed by atoms with Crippen LogP contribution in [-0.2, 0) is 30.3 Å². The summed E-state index contributed by atoms with van der Waals surface area (Å²) in [4.78, 5) is 69.0. The van der Waals surface area contributed by atoms with Gasteiger partial charge in [0.25, 0.3) is 0 Å². The second-order valence-corrected chi connectivity index (χ2v) is 15.8. The Hall–Kier alpha value is -4.31. The number of ketones is 1. The summed E-state index contributed by atoms with van der Waals surface area (Å²) < 4.78 is 5.00. The van der Waals surface area contributed by atoms with Crippen molar-refractivity contribution in [3.8, 4) is 0 Å². The average molecular weight is 717 g/mol. The van der Waals surface area contributed by atoms with Crippen molar-refractivity contribution in [1.29, 1.82) is 0 Å².